The van der Waals surface area contributed by atoms with E-state index in [9.17, 15) is 14.0 Å². The molecule has 1 saturated heterocycles. The Hall–Kier alpha value is -3.33. The van der Waals surface area contributed by atoms with Crippen molar-refractivity contribution in [3.63, 3.8) is 0 Å². The van der Waals surface area contributed by atoms with Crippen LogP contribution < -0.4 is 10.6 Å². The lowest BCUT2D eigenvalue weighted by atomic mass is 9.99. The first-order valence-corrected chi connectivity index (χ1v) is 11.2. The maximum atomic E-state index is 13.0. The van der Waals surface area contributed by atoms with Gasteiger partial charge in [0.1, 0.15) is 10.8 Å². The first-order chi connectivity index (χ1) is 15.4. The lowest BCUT2D eigenvalue weighted by Crippen LogP contribution is -2.41. The second kappa shape index (κ2) is 9.44. The molecule has 0 aliphatic carbocycles. The zero-order valence-electron chi connectivity index (χ0n) is 17.9. The Bertz CT molecular complexity index is 1130. The molecule has 1 aromatic heterocycles. The number of nitrogens with zero attached hydrogens (tertiary/aromatic N) is 3. The number of likely N-dealkylation sites (tertiary alicyclic amines) is 1. The SMILES string of the molecule is Cc1ccc(NC(=O)N2CCCC(c3nnc(C(=O)Nc4ccc(F)cc4)s3)C2)c(C)c1. The third-order valence-electron chi connectivity index (χ3n) is 5.42. The van der Waals surface area contributed by atoms with Gasteiger partial charge in [0.2, 0.25) is 5.01 Å². The minimum absolute atomic E-state index is 0.0264. The molecule has 1 aliphatic rings. The summed E-state index contributed by atoms with van der Waals surface area (Å²) < 4.78 is 13.0. The fraction of sp³-hybridized carbons (Fsp3) is 0.304. The van der Waals surface area contributed by atoms with Crippen molar-refractivity contribution in [3.8, 4) is 0 Å². The number of hydrogen-bond donors (Lipinski definition) is 2. The summed E-state index contributed by atoms with van der Waals surface area (Å²) in [6.07, 6.45) is 1.73. The average molecular weight is 454 g/mol. The summed E-state index contributed by atoms with van der Waals surface area (Å²) in [5.41, 5.74) is 3.46. The molecule has 1 aliphatic heterocycles. The van der Waals surface area contributed by atoms with Crippen LogP contribution in [0.3, 0.4) is 0 Å². The molecule has 2 heterocycles. The van der Waals surface area contributed by atoms with Gasteiger partial charge in [0.05, 0.1) is 0 Å². The van der Waals surface area contributed by atoms with E-state index in [0.717, 1.165) is 34.7 Å². The van der Waals surface area contributed by atoms with Crippen LogP contribution in [-0.2, 0) is 0 Å². The number of urea groups is 1. The number of anilines is 2. The van der Waals surface area contributed by atoms with Crippen molar-refractivity contribution < 1.29 is 14.0 Å². The minimum atomic E-state index is -0.388. The van der Waals surface area contributed by atoms with E-state index in [2.05, 4.69) is 20.8 Å². The highest BCUT2D eigenvalue weighted by Gasteiger charge is 2.28. The van der Waals surface area contributed by atoms with Crippen LogP contribution in [0.4, 0.5) is 20.6 Å². The first kappa shape index (κ1) is 21.9. The van der Waals surface area contributed by atoms with E-state index in [1.165, 1.54) is 35.6 Å². The average Bonchev–Trinajstić information content (AvgIpc) is 3.28. The molecule has 1 fully saturated rings. The molecule has 2 N–H and O–H groups in total. The summed E-state index contributed by atoms with van der Waals surface area (Å²) in [5.74, 6) is -0.733. The largest absolute Gasteiger partial charge is 0.324 e. The quantitative estimate of drug-likeness (QED) is 0.585. The number of aromatic nitrogens is 2. The minimum Gasteiger partial charge on any atom is -0.324 e. The van der Waals surface area contributed by atoms with Crippen molar-refractivity contribution in [1.82, 2.24) is 15.1 Å². The Labute approximate surface area is 189 Å². The van der Waals surface area contributed by atoms with Crippen LogP contribution in [0.5, 0.6) is 0 Å². The summed E-state index contributed by atoms with van der Waals surface area (Å²) in [6, 6.07) is 11.3. The predicted octanol–water partition coefficient (Wildman–Crippen LogP) is 4.96. The molecule has 32 heavy (non-hydrogen) atoms. The molecule has 3 aromatic rings. The van der Waals surface area contributed by atoms with Crippen molar-refractivity contribution in [3.05, 3.63) is 69.4 Å². The number of aryl methyl sites for hydroxylation is 2. The number of carbonyl (C=O) groups is 2. The smallest absolute Gasteiger partial charge is 0.321 e. The van der Waals surface area contributed by atoms with Gasteiger partial charge in [-0.25, -0.2) is 9.18 Å². The molecule has 0 saturated carbocycles. The van der Waals surface area contributed by atoms with Crippen molar-refractivity contribution in [1.29, 1.82) is 0 Å². The predicted molar refractivity (Wildman–Crippen MR) is 123 cm³/mol. The van der Waals surface area contributed by atoms with Gasteiger partial charge >= 0.3 is 6.03 Å². The number of amides is 3. The zero-order chi connectivity index (χ0) is 22.7. The Morgan fingerprint density at radius 3 is 2.62 bits per heavy atom. The van der Waals surface area contributed by atoms with Gasteiger partial charge in [-0.3, -0.25) is 4.79 Å². The lowest BCUT2D eigenvalue weighted by Gasteiger charge is -2.31. The highest BCUT2D eigenvalue weighted by Crippen LogP contribution is 2.30. The van der Waals surface area contributed by atoms with Gasteiger partial charge in [-0.05, 0) is 62.6 Å². The molecule has 166 valence electrons. The molecule has 1 unspecified atom stereocenters. The number of hydrogen-bond acceptors (Lipinski definition) is 5. The second-order valence-electron chi connectivity index (χ2n) is 7.94. The molecule has 7 nitrogen and oxygen atoms in total. The number of benzene rings is 2. The Kier molecular flexibility index (Phi) is 6.45. The monoisotopic (exact) mass is 453 g/mol. The Morgan fingerprint density at radius 1 is 1.09 bits per heavy atom. The summed E-state index contributed by atoms with van der Waals surface area (Å²) in [5, 5.41) is 14.9. The van der Waals surface area contributed by atoms with Gasteiger partial charge in [-0.15, -0.1) is 10.2 Å². The Balaban J connectivity index is 1.39. The van der Waals surface area contributed by atoms with Crippen molar-refractivity contribution in [2.75, 3.05) is 23.7 Å². The van der Waals surface area contributed by atoms with E-state index in [4.69, 9.17) is 0 Å². The number of halogens is 1. The van der Waals surface area contributed by atoms with Gasteiger partial charge in [0.15, 0.2) is 0 Å². The van der Waals surface area contributed by atoms with E-state index in [0.29, 0.717) is 18.8 Å². The van der Waals surface area contributed by atoms with Crippen LogP contribution in [0.15, 0.2) is 42.5 Å². The van der Waals surface area contributed by atoms with E-state index in [-0.39, 0.29) is 28.7 Å². The standard InChI is InChI=1S/C23H24FN5O2S/c1-14-5-10-19(15(2)12-14)26-23(31)29-11-3-4-16(13-29)21-27-28-22(32-21)20(30)25-18-8-6-17(24)7-9-18/h5-10,12,16H,3-4,11,13H2,1-2H3,(H,25,30)(H,26,31). The molecular formula is C23H24FN5O2S. The van der Waals surface area contributed by atoms with Gasteiger partial charge in [0.25, 0.3) is 5.91 Å². The molecule has 9 heteroatoms. The topological polar surface area (TPSA) is 87.2 Å². The maximum Gasteiger partial charge on any atom is 0.321 e. The fourth-order valence-electron chi connectivity index (χ4n) is 3.72. The molecule has 3 amide bonds. The van der Waals surface area contributed by atoms with Crippen LogP contribution in [-0.4, -0.2) is 40.1 Å². The highest BCUT2D eigenvalue weighted by atomic mass is 32.1. The first-order valence-electron chi connectivity index (χ1n) is 10.4. The molecule has 0 bridgehead atoms. The molecule has 4 rings (SSSR count). The molecule has 0 radical (unpaired) electrons. The molecule has 2 aromatic carbocycles. The second-order valence-corrected chi connectivity index (χ2v) is 8.95. The summed E-state index contributed by atoms with van der Waals surface area (Å²) in [6.45, 7) is 5.18. The molecule has 1 atom stereocenters. The highest BCUT2D eigenvalue weighted by molar-refractivity contribution is 7.13. The van der Waals surface area contributed by atoms with E-state index < -0.39 is 0 Å². The van der Waals surface area contributed by atoms with Crippen LogP contribution in [0, 0.1) is 19.7 Å². The van der Waals surface area contributed by atoms with Crippen molar-refractivity contribution in [2.24, 2.45) is 0 Å². The summed E-state index contributed by atoms with van der Waals surface area (Å²) in [7, 11) is 0. The van der Waals surface area contributed by atoms with E-state index in [1.54, 1.807) is 4.90 Å². The Morgan fingerprint density at radius 2 is 1.88 bits per heavy atom. The van der Waals surface area contributed by atoms with Crippen molar-refractivity contribution >= 4 is 34.6 Å². The lowest BCUT2D eigenvalue weighted by molar-refractivity contribution is 0.102. The summed E-state index contributed by atoms with van der Waals surface area (Å²) >= 11 is 1.22. The number of rotatable bonds is 4. The number of piperidine rings is 1. The van der Waals surface area contributed by atoms with Crippen LogP contribution in [0.25, 0.3) is 0 Å². The summed E-state index contributed by atoms with van der Waals surface area (Å²) in [4.78, 5) is 27.1. The number of carbonyl (C=O) groups excluding carboxylic acids is 2. The van der Waals surface area contributed by atoms with Gasteiger partial charge in [-0.1, -0.05) is 29.0 Å². The van der Waals surface area contributed by atoms with E-state index in [1.807, 2.05) is 32.0 Å². The van der Waals surface area contributed by atoms with Crippen LogP contribution in [0.1, 0.15) is 44.7 Å². The van der Waals surface area contributed by atoms with Crippen LogP contribution in [0.2, 0.25) is 0 Å². The van der Waals surface area contributed by atoms with Crippen molar-refractivity contribution in [2.45, 2.75) is 32.6 Å². The van der Waals surface area contributed by atoms with Gasteiger partial charge in [0, 0.05) is 30.4 Å². The number of nitrogens with one attached hydrogen (secondary N) is 2. The molecular weight excluding hydrogens is 429 g/mol. The normalized spacial score (nSPS) is 16.0. The zero-order valence-corrected chi connectivity index (χ0v) is 18.7. The maximum absolute atomic E-state index is 13.0. The van der Waals surface area contributed by atoms with E-state index >= 15 is 0 Å². The third kappa shape index (κ3) is 5.11. The fourth-order valence-corrected chi connectivity index (χ4v) is 4.58. The van der Waals surface area contributed by atoms with Crippen LogP contribution >= 0.6 is 11.3 Å². The van der Waals surface area contributed by atoms with Gasteiger partial charge < -0.3 is 15.5 Å². The van der Waals surface area contributed by atoms with Gasteiger partial charge in [-0.2, -0.15) is 0 Å². The third-order valence-corrected chi connectivity index (χ3v) is 6.50. The molecule has 0 spiro atoms.